The van der Waals surface area contributed by atoms with Crippen LogP contribution in [-0.4, -0.2) is 82.7 Å². The fraction of sp³-hybridized carbons (Fsp3) is 0.594. The highest BCUT2D eigenvalue weighted by molar-refractivity contribution is 6.03. The Labute approximate surface area is 244 Å². The highest BCUT2D eigenvalue weighted by Crippen LogP contribution is 2.44. The lowest BCUT2D eigenvalue weighted by atomic mass is 9.75. The summed E-state index contributed by atoms with van der Waals surface area (Å²) in [6, 6.07) is 6.51. The van der Waals surface area contributed by atoms with Gasteiger partial charge in [0.1, 0.15) is 0 Å². The first-order valence-corrected chi connectivity index (χ1v) is 15.1. The highest BCUT2D eigenvalue weighted by Gasteiger charge is 2.42. The number of ether oxygens (including phenoxy) is 1. The predicted octanol–water partition coefficient (Wildman–Crippen LogP) is 5.30. The van der Waals surface area contributed by atoms with Crippen LogP contribution >= 0.6 is 0 Å². The van der Waals surface area contributed by atoms with Crippen LogP contribution < -0.4 is 5.32 Å². The second-order valence-electron chi connectivity index (χ2n) is 12.0. The van der Waals surface area contributed by atoms with Crippen LogP contribution in [0.15, 0.2) is 30.5 Å². The quantitative estimate of drug-likeness (QED) is 0.418. The molecule has 3 heterocycles. The summed E-state index contributed by atoms with van der Waals surface area (Å²) in [7, 11) is 0. The minimum absolute atomic E-state index is 0.0855. The number of amides is 1. The van der Waals surface area contributed by atoms with E-state index in [0.29, 0.717) is 19.0 Å². The van der Waals surface area contributed by atoms with E-state index in [9.17, 15) is 14.7 Å². The van der Waals surface area contributed by atoms with E-state index in [4.69, 9.17) is 4.74 Å². The van der Waals surface area contributed by atoms with E-state index in [1.54, 1.807) is 6.20 Å². The lowest BCUT2D eigenvalue weighted by Gasteiger charge is -2.50. The predicted molar refractivity (Wildman–Crippen MR) is 162 cm³/mol. The number of carbonyl (C=O) groups excluding carboxylic acids is 1. The molecule has 5 rings (SSSR count). The van der Waals surface area contributed by atoms with Crippen LogP contribution in [-0.2, 0) is 15.1 Å². The molecule has 0 atom stereocenters. The molecule has 2 fully saturated rings. The molecule has 2 aromatic rings. The molecule has 224 valence electrons. The number of imidazole rings is 1. The summed E-state index contributed by atoms with van der Waals surface area (Å²) in [6.07, 6.45) is 8.83. The topological polar surface area (TPSA) is 111 Å². The van der Waals surface area contributed by atoms with Crippen molar-refractivity contribution in [1.82, 2.24) is 19.8 Å². The number of anilines is 1. The number of rotatable bonds is 7. The molecule has 0 bridgehead atoms. The third kappa shape index (κ3) is 7.26. The minimum atomic E-state index is -0.778. The van der Waals surface area contributed by atoms with Gasteiger partial charge in [-0.25, -0.2) is 4.98 Å². The van der Waals surface area contributed by atoms with Gasteiger partial charge < -0.3 is 20.1 Å². The van der Waals surface area contributed by atoms with Gasteiger partial charge in [-0.05, 0) is 67.7 Å². The summed E-state index contributed by atoms with van der Waals surface area (Å²) in [5, 5.41) is 12.4. The van der Waals surface area contributed by atoms with Crippen LogP contribution in [0.2, 0.25) is 0 Å². The van der Waals surface area contributed by atoms with Gasteiger partial charge in [0.2, 0.25) is 0 Å². The molecule has 0 spiro atoms. The molecule has 0 radical (unpaired) electrons. The number of nitrogens with one attached hydrogen (secondary N) is 2. The fourth-order valence-corrected chi connectivity index (χ4v) is 6.26. The van der Waals surface area contributed by atoms with Gasteiger partial charge in [-0.1, -0.05) is 39.8 Å². The lowest BCUT2D eigenvalue weighted by Crippen LogP contribution is -2.57. The van der Waals surface area contributed by atoms with Crippen LogP contribution in [0.5, 0.6) is 0 Å². The molecule has 0 saturated carbocycles. The van der Waals surface area contributed by atoms with Crippen molar-refractivity contribution >= 4 is 23.1 Å². The van der Waals surface area contributed by atoms with E-state index in [0.717, 1.165) is 75.2 Å². The first-order chi connectivity index (χ1) is 19.6. The van der Waals surface area contributed by atoms with Gasteiger partial charge in [0.15, 0.2) is 5.82 Å². The van der Waals surface area contributed by atoms with Crippen molar-refractivity contribution in [3.8, 4) is 0 Å². The number of piperazine rings is 1. The van der Waals surface area contributed by atoms with Gasteiger partial charge in [-0.2, -0.15) is 0 Å². The van der Waals surface area contributed by atoms with Gasteiger partial charge in [0, 0.05) is 62.5 Å². The Kier molecular flexibility index (Phi) is 10.0. The Morgan fingerprint density at radius 1 is 1.10 bits per heavy atom. The fourth-order valence-electron chi connectivity index (χ4n) is 6.26. The second-order valence-corrected chi connectivity index (χ2v) is 12.0. The molecule has 1 amide bonds. The molecule has 3 N–H and O–H groups in total. The Morgan fingerprint density at radius 2 is 1.80 bits per heavy atom. The van der Waals surface area contributed by atoms with Crippen molar-refractivity contribution in [2.45, 2.75) is 72.3 Å². The Hall–Kier alpha value is -3.01. The zero-order valence-corrected chi connectivity index (χ0v) is 25.4. The van der Waals surface area contributed by atoms with Gasteiger partial charge in [-0.3, -0.25) is 19.4 Å². The number of aromatic amines is 1. The van der Waals surface area contributed by atoms with Gasteiger partial charge >= 0.3 is 5.97 Å². The Morgan fingerprint density at radius 3 is 2.39 bits per heavy atom. The molecule has 2 saturated heterocycles. The van der Waals surface area contributed by atoms with Crippen molar-refractivity contribution in [1.29, 1.82) is 0 Å². The van der Waals surface area contributed by atoms with Crippen molar-refractivity contribution in [3.05, 3.63) is 53.1 Å². The third-order valence-electron chi connectivity index (χ3n) is 8.70. The molecule has 1 aromatic heterocycles. The molecule has 1 aliphatic carbocycles. The number of aryl methyl sites for hydroxylation is 1. The van der Waals surface area contributed by atoms with E-state index in [-0.39, 0.29) is 23.4 Å². The molecule has 0 unspecified atom stereocenters. The van der Waals surface area contributed by atoms with Crippen LogP contribution in [0.3, 0.4) is 0 Å². The number of aliphatic carboxylic acids is 1. The maximum Gasteiger partial charge on any atom is 0.317 e. The average molecular weight is 566 g/mol. The number of benzene rings is 1. The molecule has 9 heteroatoms. The summed E-state index contributed by atoms with van der Waals surface area (Å²) in [6.45, 7) is 15.1. The molecule has 41 heavy (non-hydrogen) atoms. The highest BCUT2D eigenvalue weighted by atomic mass is 16.5. The molecular weight excluding hydrogens is 518 g/mol. The van der Waals surface area contributed by atoms with Crippen LogP contribution in [0.25, 0.3) is 5.57 Å². The molecule has 1 aromatic carbocycles. The zero-order chi connectivity index (χ0) is 29.6. The Balaban J connectivity index is 0.00000189. The van der Waals surface area contributed by atoms with Crippen molar-refractivity contribution in [3.63, 3.8) is 0 Å². The molecule has 3 aliphatic rings. The number of H-pyrrole nitrogens is 1. The second kappa shape index (κ2) is 13.3. The van der Waals surface area contributed by atoms with Crippen molar-refractivity contribution < 1.29 is 19.4 Å². The largest absolute Gasteiger partial charge is 0.480 e. The minimum Gasteiger partial charge on any atom is -0.480 e. The van der Waals surface area contributed by atoms with E-state index in [1.165, 1.54) is 11.1 Å². The summed E-state index contributed by atoms with van der Waals surface area (Å²) in [5.74, 6) is -0.717. The third-order valence-corrected chi connectivity index (χ3v) is 8.70. The normalized spacial score (nSPS) is 20.9. The van der Waals surface area contributed by atoms with Gasteiger partial charge in [0.25, 0.3) is 5.91 Å². The molecular formula is C32H47N5O4. The number of carboxylic acids is 1. The number of hydrogen-bond donors (Lipinski definition) is 3. The summed E-state index contributed by atoms with van der Waals surface area (Å²) in [4.78, 5) is 36.1. The number of carbonyl (C=O) groups is 2. The average Bonchev–Trinajstić information content (AvgIpc) is 3.41. The summed E-state index contributed by atoms with van der Waals surface area (Å²) >= 11 is 0. The number of carboxylic acid groups (broad SMARTS) is 1. The van der Waals surface area contributed by atoms with Crippen molar-refractivity contribution in [2.75, 3.05) is 51.3 Å². The van der Waals surface area contributed by atoms with Crippen LogP contribution in [0.1, 0.15) is 87.2 Å². The van der Waals surface area contributed by atoms with Gasteiger partial charge in [0.05, 0.1) is 12.1 Å². The summed E-state index contributed by atoms with van der Waals surface area (Å²) < 4.78 is 5.81. The maximum absolute atomic E-state index is 13.1. The van der Waals surface area contributed by atoms with Gasteiger partial charge in [-0.15, -0.1) is 0 Å². The lowest BCUT2D eigenvalue weighted by molar-refractivity contribution is -0.139. The first-order valence-electron chi connectivity index (χ1n) is 15.1. The van der Waals surface area contributed by atoms with Crippen LogP contribution in [0, 0.1) is 12.3 Å². The Bertz CT molecular complexity index is 1240. The van der Waals surface area contributed by atoms with E-state index >= 15 is 0 Å². The number of aromatic nitrogens is 2. The standard InChI is InChI=1S/C30H41N5O4.C2H6/c1-21-19-31-27(32-21)28(38)33-25-5-4-23(18-24(25)22-6-8-29(2,3)9-7-22)30(10-16-39-17-11-30)35-14-12-34(13-15-35)20-26(36)37;1-2/h4-6,18-19H,7-17,20H2,1-3H3,(H,31,32)(H,33,38)(H,36,37);1-2H3. The number of allylic oxidation sites excluding steroid dienone is 2. The van der Waals surface area contributed by atoms with E-state index in [1.807, 2.05) is 25.7 Å². The zero-order valence-electron chi connectivity index (χ0n) is 25.4. The summed E-state index contributed by atoms with van der Waals surface area (Å²) in [5.41, 5.74) is 5.33. The monoisotopic (exact) mass is 565 g/mol. The smallest absolute Gasteiger partial charge is 0.317 e. The van der Waals surface area contributed by atoms with Crippen LogP contribution in [0.4, 0.5) is 5.69 Å². The number of hydrogen-bond acceptors (Lipinski definition) is 6. The first kappa shape index (κ1) is 30.9. The molecule has 9 nitrogen and oxygen atoms in total. The maximum atomic E-state index is 13.1. The van der Waals surface area contributed by atoms with E-state index < -0.39 is 5.97 Å². The SMILES string of the molecule is CC.Cc1cnc(C(=O)Nc2ccc(C3(N4CCN(CC(=O)O)CC4)CCOCC3)cc2C2=CCC(C)(C)CC2)[nH]1. The van der Waals surface area contributed by atoms with Crippen molar-refractivity contribution in [2.24, 2.45) is 5.41 Å². The van der Waals surface area contributed by atoms with E-state index in [2.05, 4.69) is 58.3 Å². The number of nitrogens with zero attached hydrogens (tertiary/aromatic N) is 3. The molecule has 2 aliphatic heterocycles.